The Kier molecular flexibility index (Phi) is 4.04. The Morgan fingerprint density at radius 3 is 2.64 bits per heavy atom. The minimum Gasteiger partial charge on any atom is -0.508 e. The Hall–Kier alpha value is -0.450. The zero-order valence-corrected chi connectivity index (χ0v) is 9.29. The van der Waals surface area contributed by atoms with Crippen molar-refractivity contribution in [3.63, 3.8) is 0 Å². The van der Waals surface area contributed by atoms with Gasteiger partial charge in [0.15, 0.2) is 0 Å². The van der Waals surface area contributed by atoms with Crippen LogP contribution in [0.1, 0.15) is 5.56 Å². The lowest BCUT2D eigenvalue weighted by Crippen LogP contribution is -1.93. The maximum absolute atomic E-state index is 9.36. The average Bonchev–Trinajstić information content (AvgIpc) is 2.17. The van der Waals surface area contributed by atoms with Gasteiger partial charge in [-0.05, 0) is 17.9 Å². The van der Waals surface area contributed by atoms with Gasteiger partial charge in [-0.15, -0.1) is 0 Å². The summed E-state index contributed by atoms with van der Waals surface area (Å²) in [7, 11) is 1.28. The highest BCUT2D eigenvalue weighted by Gasteiger charge is 2.13. The summed E-state index contributed by atoms with van der Waals surface area (Å²) >= 11 is 4.63. The van der Waals surface area contributed by atoms with Gasteiger partial charge in [0.05, 0.1) is 6.61 Å². The molecule has 0 heterocycles. The zero-order valence-electron chi connectivity index (χ0n) is 7.58. The van der Waals surface area contributed by atoms with E-state index in [1.54, 1.807) is 18.2 Å². The predicted molar refractivity (Wildman–Crippen MR) is 56.4 cm³/mol. The zero-order chi connectivity index (χ0) is 10.6. The van der Waals surface area contributed by atoms with Crippen molar-refractivity contribution in [3.05, 3.63) is 29.8 Å². The Labute approximate surface area is 87.4 Å². The monoisotopic (exact) mass is 234 g/mol. The van der Waals surface area contributed by atoms with Crippen LogP contribution in [0.5, 0.6) is 5.75 Å². The van der Waals surface area contributed by atoms with E-state index in [1.165, 1.54) is 13.2 Å². The highest BCUT2D eigenvalue weighted by atomic mass is 32.5. The second-order valence-electron chi connectivity index (χ2n) is 2.55. The summed E-state index contributed by atoms with van der Waals surface area (Å²) in [6, 6.07) is 6.67. The number of para-hydroxylation sites is 1. The standard InChI is InChI=1S/C8H11O4PS/c1-11-13(10,14)12-6-7-4-2-3-5-8(7)9/h2-5,9H,6H2,1H3,(H,10,14). The lowest BCUT2D eigenvalue weighted by atomic mass is 10.2. The molecule has 1 unspecified atom stereocenters. The minimum absolute atomic E-state index is 0.0360. The lowest BCUT2D eigenvalue weighted by Gasteiger charge is -2.13. The molecule has 0 fully saturated rings. The molecule has 0 saturated carbocycles. The first kappa shape index (κ1) is 11.6. The fourth-order valence-corrected chi connectivity index (χ4v) is 1.40. The molecule has 0 aliphatic rings. The number of aromatic hydroxyl groups is 1. The Balaban J connectivity index is 2.63. The van der Waals surface area contributed by atoms with Crippen LogP contribution in [0.4, 0.5) is 0 Å². The van der Waals surface area contributed by atoms with Crippen molar-refractivity contribution in [1.29, 1.82) is 0 Å². The van der Waals surface area contributed by atoms with Crippen molar-refractivity contribution in [1.82, 2.24) is 0 Å². The molecule has 1 rings (SSSR count). The summed E-state index contributed by atoms with van der Waals surface area (Å²) in [6.07, 6.45) is 0. The van der Waals surface area contributed by atoms with Crippen molar-refractivity contribution >= 4 is 18.5 Å². The van der Waals surface area contributed by atoms with E-state index >= 15 is 0 Å². The molecule has 0 aromatic heterocycles. The topological polar surface area (TPSA) is 58.9 Å². The van der Waals surface area contributed by atoms with Gasteiger partial charge in [-0.1, -0.05) is 18.2 Å². The SMILES string of the molecule is COP(O)(=S)OCc1ccccc1O. The first-order valence-corrected chi connectivity index (χ1v) is 6.44. The van der Waals surface area contributed by atoms with Crippen molar-refractivity contribution in [3.8, 4) is 5.75 Å². The highest BCUT2D eigenvalue weighted by molar-refractivity contribution is 8.07. The summed E-state index contributed by atoms with van der Waals surface area (Å²) in [4.78, 5) is 9.28. The molecule has 1 atom stereocenters. The summed E-state index contributed by atoms with van der Waals surface area (Å²) in [5.74, 6) is 0.110. The van der Waals surface area contributed by atoms with Gasteiger partial charge in [-0.3, -0.25) is 0 Å². The third-order valence-electron chi connectivity index (χ3n) is 1.61. The number of phenolic OH excluding ortho intramolecular Hbond substituents is 1. The Morgan fingerprint density at radius 2 is 2.07 bits per heavy atom. The van der Waals surface area contributed by atoms with Crippen LogP contribution in [0.15, 0.2) is 24.3 Å². The molecule has 0 amide bonds. The summed E-state index contributed by atoms with van der Waals surface area (Å²) in [5.41, 5.74) is 0.563. The third-order valence-corrected chi connectivity index (χ3v) is 3.29. The van der Waals surface area contributed by atoms with Gasteiger partial charge < -0.3 is 19.0 Å². The van der Waals surface area contributed by atoms with Crippen molar-refractivity contribution in [2.24, 2.45) is 0 Å². The maximum atomic E-state index is 9.36. The van der Waals surface area contributed by atoms with Crippen LogP contribution in [-0.4, -0.2) is 17.1 Å². The molecule has 78 valence electrons. The lowest BCUT2D eigenvalue weighted by molar-refractivity contribution is 0.215. The van der Waals surface area contributed by atoms with Crippen LogP contribution in [-0.2, 0) is 27.5 Å². The molecule has 0 aliphatic heterocycles. The molecule has 0 spiro atoms. The van der Waals surface area contributed by atoms with Gasteiger partial charge in [0.1, 0.15) is 5.75 Å². The molecular formula is C8H11O4PS. The van der Waals surface area contributed by atoms with Gasteiger partial charge in [-0.2, -0.15) is 0 Å². The second-order valence-corrected chi connectivity index (χ2v) is 5.50. The number of hydrogen-bond donors (Lipinski definition) is 2. The normalized spacial score (nSPS) is 15.0. The van der Waals surface area contributed by atoms with Gasteiger partial charge in [0.2, 0.25) is 0 Å². The Bertz CT molecular complexity index is 355. The van der Waals surface area contributed by atoms with Crippen LogP contribution < -0.4 is 0 Å². The number of phenols is 1. The number of benzene rings is 1. The van der Waals surface area contributed by atoms with E-state index in [4.69, 9.17) is 4.52 Å². The summed E-state index contributed by atoms with van der Waals surface area (Å²) < 4.78 is 9.52. The van der Waals surface area contributed by atoms with E-state index in [0.717, 1.165) is 0 Å². The summed E-state index contributed by atoms with van der Waals surface area (Å²) in [6.45, 7) is -3.10. The molecule has 0 saturated heterocycles. The molecule has 6 heteroatoms. The first-order valence-electron chi connectivity index (χ1n) is 3.85. The molecule has 14 heavy (non-hydrogen) atoms. The van der Waals surface area contributed by atoms with Crippen LogP contribution in [0, 0.1) is 0 Å². The average molecular weight is 234 g/mol. The third kappa shape index (κ3) is 3.36. The second kappa shape index (κ2) is 4.87. The molecule has 0 aliphatic carbocycles. The molecule has 0 bridgehead atoms. The van der Waals surface area contributed by atoms with Crippen molar-refractivity contribution in [2.75, 3.05) is 7.11 Å². The molecule has 1 aromatic carbocycles. The number of hydrogen-bond acceptors (Lipinski definition) is 4. The maximum Gasteiger partial charge on any atom is 0.324 e. The van der Waals surface area contributed by atoms with E-state index in [2.05, 4.69) is 16.3 Å². The fourth-order valence-electron chi connectivity index (χ4n) is 0.837. The largest absolute Gasteiger partial charge is 0.508 e. The fraction of sp³-hybridized carbons (Fsp3) is 0.250. The quantitative estimate of drug-likeness (QED) is 0.777. The van der Waals surface area contributed by atoms with E-state index < -0.39 is 6.72 Å². The van der Waals surface area contributed by atoms with Gasteiger partial charge in [-0.25, -0.2) is 0 Å². The van der Waals surface area contributed by atoms with Crippen molar-refractivity contribution < 1.29 is 19.0 Å². The van der Waals surface area contributed by atoms with Crippen molar-refractivity contribution in [2.45, 2.75) is 6.61 Å². The van der Waals surface area contributed by atoms with Crippen LogP contribution >= 0.6 is 6.72 Å². The van der Waals surface area contributed by atoms with E-state index in [0.29, 0.717) is 5.56 Å². The van der Waals surface area contributed by atoms with Crippen LogP contribution in [0.3, 0.4) is 0 Å². The van der Waals surface area contributed by atoms with E-state index in [1.807, 2.05) is 0 Å². The van der Waals surface area contributed by atoms with E-state index in [9.17, 15) is 10.00 Å². The minimum atomic E-state index is -3.14. The predicted octanol–water partition coefficient (Wildman–Crippen LogP) is 1.77. The molecule has 0 radical (unpaired) electrons. The van der Waals surface area contributed by atoms with Gasteiger partial charge in [0, 0.05) is 12.7 Å². The molecule has 2 N–H and O–H groups in total. The number of rotatable bonds is 4. The first-order chi connectivity index (χ1) is 6.55. The Morgan fingerprint density at radius 1 is 1.43 bits per heavy atom. The smallest absolute Gasteiger partial charge is 0.324 e. The van der Waals surface area contributed by atoms with Gasteiger partial charge in [0.25, 0.3) is 0 Å². The van der Waals surface area contributed by atoms with Crippen LogP contribution in [0.2, 0.25) is 0 Å². The molecule has 1 aromatic rings. The summed E-state index contributed by atoms with van der Waals surface area (Å²) in [5, 5.41) is 9.36. The van der Waals surface area contributed by atoms with E-state index in [-0.39, 0.29) is 12.4 Å². The molecule has 4 nitrogen and oxygen atoms in total. The van der Waals surface area contributed by atoms with Gasteiger partial charge >= 0.3 is 6.72 Å². The highest BCUT2D eigenvalue weighted by Crippen LogP contribution is 2.43. The van der Waals surface area contributed by atoms with Crippen LogP contribution in [0.25, 0.3) is 0 Å². The molecular weight excluding hydrogens is 223 g/mol.